The van der Waals surface area contributed by atoms with Crippen molar-refractivity contribution in [3.05, 3.63) is 34.9 Å². The third-order valence-electron chi connectivity index (χ3n) is 4.80. The maximum atomic E-state index is 12.9. The summed E-state index contributed by atoms with van der Waals surface area (Å²) in [5.74, 6) is 0.969. The van der Waals surface area contributed by atoms with Gasteiger partial charge in [-0.25, -0.2) is 0 Å². The Labute approximate surface area is 151 Å². The molecule has 1 N–H and O–H groups in total. The molecule has 0 bridgehead atoms. The Hall–Kier alpha value is -0.770. The number of rotatable bonds is 5. The molecule has 1 amide bonds. The van der Waals surface area contributed by atoms with Gasteiger partial charge in [0.2, 0.25) is 5.91 Å². The summed E-state index contributed by atoms with van der Waals surface area (Å²) >= 11 is 5.95. The van der Waals surface area contributed by atoms with Crippen LogP contribution in [0, 0.1) is 5.92 Å². The van der Waals surface area contributed by atoms with E-state index < -0.39 is 5.41 Å². The second-order valence-electron chi connectivity index (χ2n) is 6.76. The van der Waals surface area contributed by atoms with E-state index in [1.807, 2.05) is 50.1 Å². The highest BCUT2D eigenvalue weighted by Crippen LogP contribution is 2.29. The highest BCUT2D eigenvalue weighted by molar-refractivity contribution is 6.30. The van der Waals surface area contributed by atoms with E-state index in [2.05, 4.69) is 5.32 Å². The van der Waals surface area contributed by atoms with Gasteiger partial charge in [-0.05, 0) is 70.3 Å². The van der Waals surface area contributed by atoms with E-state index in [9.17, 15) is 4.79 Å². The van der Waals surface area contributed by atoms with Crippen LogP contribution in [0.5, 0.6) is 0 Å². The topological polar surface area (TPSA) is 32.3 Å². The summed E-state index contributed by atoms with van der Waals surface area (Å²) in [6.45, 7) is 6.83. The number of carbonyl (C=O) groups is 1. The zero-order chi connectivity index (χ0) is 16.2. The highest BCUT2D eigenvalue weighted by Gasteiger charge is 2.35. The molecule has 0 aromatic heterocycles. The molecule has 0 atom stereocenters. The molecule has 1 heterocycles. The maximum absolute atomic E-state index is 12.9. The van der Waals surface area contributed by atoms with Gasteiger partial charge >= 0.3 is 0 Å². The lowest BCUT2D eigenvalue weighted by atomic mass is 9.82. The van der Waals surface area contributed by atoms with Gasteiger partial charge in [0.1, 0.15) is 0 Å². The number of hydrogen-bond donors (Lipinski definition) is 1. The first-order valence-corrected chi connectivity index (χ1v) is 8.53. The van der Waals surface area contributed by atoms with E-state index in [4.69, 9.17) is 11.6 Å². The van der Waals surface area contributed by atoms with Crippen molar-refractivity contribution in [3.8, 4) is 0 Å². The predicted molar refractivity (Wildman–Crippen MR) is 99.6 cm³/mol. The molecular formula is C18H28Cl2N2O. The van der Waals surface area contributed by atoms with Crippen LogP contribution in [0.2, 0.25) is 5.02 Å². The molecule has 0 radical (unpaired) electrons. The average Bonchev–Trinajstić information content (AvgIpc) is 2.53. The van der Waals surface area contributed by atoms with Gasteiger partial charge in [0.25, 0.3) is 0 Å². The zero-order valence-electron chi connectivity index (χ0n) is 14.3. The van der Waals surface area contributed by atoms with Crippen molar-refractivity contribution in [2.24, 2.45) is 5.92 Å². The van der Waals surface area contributed by atoms with E-state index in [1.54, 1.807) is 0 Å². The summed E-state index contributed by atoms with van der Waals surface area (Å²) in [6.07, 6.45) is 3.44. The van der Waals surface area contributed by atoms with Gasteiger partial charge in [-0.2, -0.15) is 0 Å². The lowest BCUT2D eigenvalue weighted by Gasteiger charge is -2.37. The molecule has 1 saturated heterocycles. The van der Waals surface area contributed by atoms with Crippen LogP contribution in [0.3, 0.4) is 0 Å². The number of nitrogens with one attached hydrogen (secondary N) is 1. The molecule has 0 unspecified atom stereocenters. The molecule has 1 aromatic carbocycles. The van der Waals surface area contributed by atoms with E-state index in [0.717, 1.165) is 44.0 Å². The Balaban J connectivity index is 0.00000264. The van der Waals surface area contributed by atoms with Crippen LogP contribution in [-0.4, -0.2) is 37.5 Å². The number of carbonyl (C=O) groups excluding carboxylic acids is 1. The molecule has 23 heavy (non-hydrogen) atoms. The minimum Gasteiger partial charge on any atom is -0.342 e. The number of nitrogens with zero attached hydrogens (tertiary/aromatic N) is 1. The Bertz CT molecular complexity index is 494. The van der Waals surface area contributed by atoms with Crippen molar-refractivity contribution >= 4 is 29.9 Å². The number of benzene rings is 1. The van der Waals surface area contributed by atoms with E-state index >= 15 is 0 Å². The van der Waals surface area contributed by atoms with Crippen molar-refractivity contribution in [3.63, 3.8) is 0 Å². The summed E-state index contributed by atoms with van der Waals surface area (Å²) in [4.78, 5) is 14.9. The second kappa shape index (κ2) is 8.91. The third kappa shape index (κ3) is 5.10. The van der Waals surface area contributed by atoms with Crippen LogP contribution in [0.4, 0.5) is 0 Å². The maximum Gasteiger partial charge on any atom is 0.232 e. The number of amides is 1. The van der Waals surface area contributed by atoms with Gasteiger partial charge in [-0.1, -0.05) is 23.7 Å². The lowest BCUT2D eigenvalue weighted by Crippen LogP contribution is -2.47. The van der Waals surface area contributed by atoms with Gasteiger partial charge in [-0.3, -0.25) is 4.79 Å². The van der Waals surface area contributed by atoms with Crippen molar-refractivity contribution in [1.29, 1.82) is 0 Å². The second-order valence-corrected chi connectivity index (χ2v) is 7.20. The van der Waals surface area contributed by atoms with Gasteiger partial charge in [-0.15, -0.1) is 12.4 Å². The van der Waals surface area contributed by atoms with Crippen molar-refractivity contribution in [2.45, 2.75) is 38.5 Å². The van der Waals surface area contributed by atoms with Crippen LogP contribution < -0.4 is 5.32 Å². The van der Waals surface area contributed by atoms with Crippen LogP contribution in [-0.2, 0) is 10.2 Å². The van der Waals surface area contributed by atoms with Gasteiger partial charge in [0, 0.05) is 18.1 Å². The predicted octanol–water partition coefficient (Wildman–Crippen LogP) is 3.89. The SMILES string of the molecule is CNCCC1CCN(C(=O)C(C)(C)c2ccc(Cl)cc2)CC1.Cl. The monoisotopic (exact) mass is 358 g/mol. The fourth-order valence-corrected chi connectivity index (χ4v) is 3.28. The summed E-state index contributed by atoms with van der Waals surface area (Å²) in [5.41, 5.74) is 0.529. The first-order valence-electron chi connectivity index (χ1n) is 8.15. The molecule has 130 valence electrons. The van der Waals surface area contributed by atoms with E-state index in [0.29, 0.717) is 5.02 Å². The lowest BCUT2D eigenvalue weighted by molar-refractivity contribution is -0.137. The van der Waals surface area contributed by atoms with Crippen molar-refractivity contribution in [2.75, 3.05) is 26.7 Å². The molecule has 1 aromatic rings. The number of hydrogen-bond acceptors (Lipinski definition) is 2. The van der Waals surface area contributed by atoms with E-state index in [1.165, 1.54) is 6.42 Å². The summed E-state index contributed by atoms with van der Waals surface area (Å²) in [5, 5.41) is 3.91. The van der Waals surface area contributed by atoms with Crippen LogP contribution in [0.1, 0.15) is 38.7 Å². The molecular weight excluding hydrogens is 331 g/mol. The summed E-state index contributed by atoms with van der Waals surface area (Å²) in [7, 11) is 1.99. The van der Waals surface area contributed by atoms with Gasteiger partial charge in [0.05, 0.1) is 5.41 Å². The highest BCUT2D eigenvalue weighted by atomic mass is 35.5. The van der Waals surface area contributed by atoms with Gasteiger partial charge in [0.15, 0.2) is 0 Å². The Morgan fingerprint density at radius 2 is 1.83 bits per heavy atom. The van der Waals surface area contributed by atoms with Crippen molar-refractivity contribution < 1.29 is 4.79 Å². The minimum atomic E-state index is -0.498. The number of halogens is 2. The fourth-order valence-electron chi connectivity index (χ4n) is 3.16. The number of likely N-dealkylation sites (tertiary alicyclic amines) is 1. The van der Waals surface area contributed by atoms with Crippen LogP contribution in [0.25, 0.3) is 0 Å². The molecule has 5 heteroatoms. The third-order valence-corrected chi connectivity index (χ3v) is 5.06. The zero-order valence-corrected chi connectivity index (χ0v) is 15.8. The minimum absolute atomic E-state index is 0. The summed E-state index contributed by atoms with van der Waals surface area (Å²) in [6, 6.07) is 7.63. The molecule has 3 nitrogen and oxygen atoms in total. The van der Waals surface area contributed by atoms with E-state index in [-0.39, 0.29) is 18.3 Å². The Kier molecular flexibility index (Phi) is 7.85. The Morgan fingerprint density at radius 3 is 2.35 bits per heavy atom. The average molecular weight is 359 g/mol. The first kappa shape index (κ1) is 20.3. The molecule has 0 aliphatic carbocycles. The smallest absolute Gasteiger partial charge is 0.232 e. The van der Waals surface area contributed by atoms with Crippen LogP contribution >= 0.6 is 24.0 Å². The molecule has 2 rings (SSSR count). The summed E-state index contributed by atoms with van der Waals surface area (Å²) < 4.78 is 0. The van der Waals surface area contributed by atoms with Crippen LogP contribution in [0.15, 0.2) is 24.3 Å². The fraction of sp³-hybridized carbons (Fsp3) is 0.611. The standard InChI is InChI=1S/C18H27ClN2O.ClH/c1-18(2,15-4-6-16(19)7-5-15)17(22)21-12-9-14(10-13-21)8-11-20-3;/h4-7,14,20H,8-13H2,1-3H3;1H. The largest absolute Gasteiger partial charge is 0.342 e. The molecule has 0 spiro atoms. The normalized spacial score (nSPS) is 16.1. The quantitative estimate of drug-likeness (QED) is 0.865. The molecule has 0 saturated carbocycles. The first-order chi connectivity index (χ1) is 10.4. The Morgan fingerprint density at radius 1 is 1.26 bits per heavy atom. The van der Waals surface area contributed by atoms with Gasteiger partial charge < -0.3 is 10.2 Å². The molecule has 1 fully saturated rings. The molecule has 1 aliphatic heterocycles. The molecule has 1 aliphatic rings. The van der Waals surface area contributed by atoms with Crippen molar-refractivity contribution in [1.82, 2.24) is 10.2 Å². The number of piperidine rings is 1.